The van der Waals surface area contributed by atoms with Gasteiger partial charge in [0.25, 0.3) is 11.8 Å². The van der Waals surface area contributed by atoms with Crippen LogP contribution in [0, 0.1) is 26.8 Å². The van der Waals surface area contributed by atoms with Crippen molar-refractivity contribution in [2.75, 3.05) is 36.8 Å². The molecule has 5 rings (SSSR count). The zero-order chi connectivity index (χ0) is 38.1. The first-order valence-electron chi connectivity index (χ1n) is 17.3. The molecule has 4 N–H and O–H groups in total. The first kappa shape index (κ1) is 42.0. The summed E-state index contributed by atoms with van der Waals surface area (Å²) in [4.78, 5) is 29.5. The maximum atomic E-state index is 13.7. The lowest BCUT2D eigenvalue weighted by atomic mass is 10.1. The van der Waals surface area contributed by atoms with Gasteiger partial charge >= 0.3 is 0 Å². The molecule has 2 amide bonds. The Labute approximate surface area is 342 Å². The minimum Gasteiger partial charge on any atom is -0.391 e. The summed E-state index contributed by atoms with van der Waals surface area (Å²) in [6.07, 6.45) is 0.0532. The number of aliphatic hydroxyl groups excluding tert-OH is 1. The first-order chi connectivity index (χ1) is 24.6. The van der Waals surface area contributed by atoms with Crippen LogP contribution in [0.4, 0.5) is 27.1 Å². The second-order valence-electron chi connectivity index (χ2n) is 13.4. The number of nitrogens with one attached hydrogen (secondary N) is 3. The summed E-state index contributed by atoms with van der Waals surface area (Å²) in [5, 5.41) is 19.4. The Morgan fingerprint density at radius 2 is 1.38 bits per heavy atom. The Morgan fingerprint density at radius 1 is 0.846 bits per heavy atom. The fourth-order valence-electron chi connectivity index (χ4n) is 6.04. The average molecular weight is 999 g/mol. The first-order valence-corrected chi connectivity index (χ1v) is 20.2. The number of aliphatic hydroxyl groups is 1. The van der Waals surface area contributed by atoms with Gasteiger partial charge in [0.15, 0.2) is 0 Å². The number of hydrogen-bond acceptors (Lipinski definition) is 6. The molecule has 0 bridgehead atoms. The van der Waals surface area contributed by atoms with Gasteiger partial charge in [0.05, 0.1) is 28.6 Å². The lowest BCUT2D eigenvalue weighted by Crippen LogP contribution is -2.42. The molecule has 1 fully saturated rings. The molecule has 0 aromatic heterocycles. The number of halogens is 4. The molecule has 4 aromatic carbocycles. The molecule has 1 unspecified atom stereocenters. The Bertz CT molecular complexity index is 1870. The van der Waals surface area contributed by atoms with Gasteiger partial charge in [0.1, 0.15) is 5.82 Å². The number of anilines is 4. The van der Waals surface area contributed by atoms with E-state index in [0.29, 0.717) is 42.8 Å². The summed E-state index contributed by atoms with van der Waals surface area (Å²) in [5.74, 6) is -0.792. The van der Waals surface area contributed by atoms with Gasteiger partial charge in [0, 0.05) is 61.3 Å². The van der Waals surface area contributed by atoms with Crippen LogP contribution in [0.1, 0.15) is 66.0 Å². The number of amides is 2. The van der Waals surface area contributed by atoms with E-state index in [4.69, 9.17) is 0 Å². The molecule has 8 nitrogen and oxygen atoms in total. The topological polar surface area (TPSA) is 96.9 Å². The number of β-amino-alcohol motifs (C(OH)–C–C–N with tert-alkyl or cyclic N) is 1. The summed E-state index contributed by atoms with van der Waals surface area (Å²) in [7, 11) is 0. The summed E-state index contributed by atoms with van der Waals surface area (Å²) < 4.78 is 16.9. The van der Waals surface area contributed by atoms with Gasteiger partial charge < -0.3 is 26.0 Å². The summed E-state index contributed by atoms with van der Waals surface area (Å²) in [6.45, 7) is 15.0. The zero-order valence-corrected chi connectivity index (χ0v) is 36.3. The van der Waals surface area contributed by atoms with Crippen LogP contribution in [0.15, 0.2) is 77.3 Å². The number of carbonyl (C=O) groups excluding carboxylic acids is 2. The lowest BCUT2D eigenvalue weighted by molar-refractivity contribution is 0.0765. The van der Waals surface area contributed by atoms with Gasteiger partial charge in [-0.1, -0.05) is 15.9 Å². The molecule has 278 valence electrons. The Hall–Kier alpha value is -2.79. The molecule has 1 saturated heterocycles. The predicted molar refractivity (Wildman–Crippen MR) is 231 cm³/mol. The minimum absolute atomic E-state index is 0.0700. The Morgan fingerprint density at radius 3 is 1.90 bits per heavy atom. The minimum atomic E-state index is -0.502. The fraction of sp³-hybridized carbons (Fsp3) is 0.350. The smallest absolute Gasteiger partial charge is 0.256 e. The van der Waals surface area contributed by atoms with Crippen molar-refractivity contribution in [3.63, 3.8) is 0 Å². The SMILES string of the molecule is Cc1cc(I)ccc1Nc1ccc(Br)cc1C(=O)NCCN(C(C)C)C(C)C.Cc1cc(I)ccc1Nc1ccc(F)cc1C(=O)N1CCC(O)C1. The molecule has 1 heterocycles. The van der Waals surface area contributed by atoms with Crippen molar-refractivity contribution in [2.24, 2.45) is 0 Å². The standard InChI is InChI=1S/C22H29BrIN3O.C18H18FIN2O2/c1-14(2)27(15(3)4)11-10-25-22(28)19-13-17(23)6-8-21(19)26-20-9-7-18(24)12-16(20)5;1-11-8-13(20)3-5-16(11)21-17-4-2-12(19)9-15(17)18(24)22-7-6-14(23)10-22/h6-9,12-15,26H,10-11H2,1-5H3,(H,25,28);2-5,8-9,14,21,23H,6-7,10H2,1H3. The highest BCUT2D eigenvalue weighted by Gasteiger charge is 2.27. The molecular formula is C40H47BrFI2N5O3. The number of rotatable bonds is 11. The van der Waals surface area contributed by atoms with Crippen molar-refractivity contribution in [1.82, 2.24) is 15.1 Å². The highest BCUT2D eigenvalue weighted by atomic mass is 127. The predicted octanol–water partition coefficient (Wildman–Crippen LogP) is 9.64. The quantitative estimate of drug-likeness (QED) is 0.112. The van der Waals surface area contributed by atoms with Crippen LogP contribution in [0.2, 0.25) is 0 Å². The molecule has 12 heteroatoms. The second-order valence-corrected chi connectivity index (χ2v) is 16.8. The van der Waals surface area contributed by atoms with E-state index < -0.39 is 11.9 Å². The van der Waals surface area contributed by atoms with Gasteiger partial charge in [-0.05, 0) is 177 Å². The van der Waals surface area contributed by atoms with Crippen LogP contribution >= 0.6 is 61.1 Å². The van der Waals surface area contributed by atoms with Crippen molar-refractivity contribution in [2.45, 2.75) is 66.2 Å². The molecule has 0 spiro atoms. The van der Waals surface area contributed by atoms with Crippen molar-refractivity contribution < 1.29 is 19.1 Å². The molecule has 52 heavy (non-hydrogen) atoms. The molecule has 1 aliphatic heterocycles. The van der Waals surface area contributed by atoms with Crippen LogP contribution < -0.4 is 16.0 Å². The number of hydrogen-bond donors (Lipinski definition) is 4. The van der Waals surface area contributed by atoms with E-state index in [1.165, 1.54) is 15.7 Å². The normalized spacial score (nSPS) is 14.0. The van der Waals surface area contributed by atoms with Gasteiger partial charge in [-0.3, -0.25) is 14.5 Å². The van der Waals surface area contributed by atoms with Gasteiger partial charge in [-0.2, -0.15) is 0 Å². The van der Waals surface area contributed by atoms with Crippen molar-refractivity contribution in [3.8, 4) is 0 Å². The van der Waals surface area contributed by atoms with Gasteiger partial charge in [-0.15, -0.1) is 0 Å². The summed E-state index contributed by atoms with van der Waals surface area (Å²) in [6, 6.07) is 23.0. The van der Waals surface area contributed by atoms with Crippen LogP contribution in [0.25, 0.3) is 0 Å². The number of likely N-dealkylation sites (tertiary alicyclic amines) is 1. The van der Waals surface area contributed by atoms with Crippen LogP contribution in [0.3, 0.4) is 0 Å². The maximum absolute atomic E-state index is 13.7. The largest absolute Gasteiger partial charge is 0.391 e. The maximum Gasteiger partial charge on any atom is 0.256 e. The molecular weight excluding hydrogens is 951 g/mol. The fourth-order valence-corrected chi connectivity index (χ4v) is 7.70. The van der Waals surface area contributed by atoms with E-state index in [2.05, 4.69) is 129 Å². The number of aryl methyl sites for hydroxylation is 2. The summed E-state index contributed by atoms with van der Waals surface area (Å²) >= 11 is 8.03. The molecule has 1 aliphatic rings. The van der Waals surface area contributed by atoms with E-state index in [1.807, 2.05) is 49.4 Å². The zero-order valence-electron chi connectivity index (χ0n) is 30.4. The second kappa shape index (κ2) is 19.5. The third-order valence-corrected chi connectivity index (χ3v) is 10.6. The lowest BCUT2D eigenvalue weighted by Gasteiger charge is -2.30. The van der Waals surface area contributed by atoms with E-state index in [0.717, 1.165) is 42.8 Å². The average Bonchev–Trinajstić information content (AvgIpc) is 3.52. The van der Waals surface area contributed by atoms with Gasteiger partial charge in [-0.25, -0.2) is 4.39 Å². The Kier molecular flexibility index (Phi) is 15.7. The van der Waals surface area contributed by atoms with Crippen LogP contribution in [-0.2, 0) is 0 Å². The highest BCUT2D eigenvalue weighted by Crippen LogP contribution is 2.29. The molecule has 1 atom stereocenters. The van der Waals surface area contributed by atoms with Gasteiger partial charge in [0.2, 0.25) is 0 Å². The van der Waals surface area contributed by atoms with Crippen LogP contribution in [0.5, 0.6) is 0 Å². The van der Waals surface area contributed by atoms with Crippen LogP contribution in [-0.4, -0.2) is 71.1 Å². The number of carbonyl (C=O) groups is 2. The van der Waals surface area contributed by atoms with E-state index in [-0.39, 0.29) is 23.9 Å². The third kappa shape index (κ3) is 11.9. The molecule has 0 radical (unpaired) electrons. The number of benzene rings is 4. The molecule has 4 aromatic rings. The number of nitrogens with zero attached hydrogens (tertiary/aromatic N) is 2. The van der Waals surface area contributed by atoms with Crippen molar-refractivity contribution >= 4 is 95.7 Å². The van der Waals surface area contributed by atoms with Crippen molar-refractivity contribution in [1.29, 1.82) is 0 Å². The molecule has 0 aliphatic carbocycles. The van der Waals surface area contributed by atoms with Crippen molar-refractivity contribution in [3.05, 3.63) is 112 Å². The molecule has 0 saturated carbocycles. The highest BCUT2D eigenvalue weighted by molar-refractivity contribution is 14.1. The van der Waals surface area contributed by atoms with E-state index in [9.17, 15) is 19.1 Å². The van der Waals surface area contributed by atoms with E-state index in [1.54, 1.807) is 11.0 Å². The monoisotopic (exact) mass is 997 g/mol. The van der Waals surface area contributed by atoms with E-state index >= 15 is 0 Å². The third-order valence-electron chi connectivity index (χ3n) is 8.79. The summed E-state index contributed by atoms with van der Waals surface area (Å²) in [5.41, 5.74) is 6.34. The Balaban J connectivity index is 0.000000235.